The molecule has 0 aliphatic carbocycles. The van der Waals surface area contributed by atoms with Gasteiger partial charge in [-0.05, 0) is 29.5 Å². The van der Waals surface area contributed by atoms with Crippen LogP contribution in [0.25, 0.3) is 10.9 Å². The van der Waals surface area contributed by atoms with Gasteiger partial charge < -0.3 is 21.7 Å². The lowest BCUT2D eigenvalue weighted by Gasteiger charge is -2.24. The number of ketones is 1. The summed E-state index contributed by atoms with van der Waals surface area (Å²) in [6.07, 6.45) is 2.15. The number of para-hydroxylation sites is 1. The van der Waals surface area contributed by atoms with Crippen molar-refractivity contribution in [3.8, 4) is 0 Å². The second-order valence-electron chi connectivity index (χ2n) is 8.91. The molecule has 4 rings (SSSR count). The number of benzene rings is 2. The normalized spacial score (nSPS) is 18.1. The fraction of sp³-hybridized carbons (Fsp3) is 0.320. The molecule has 33 heavy (non-hydrogen) atoms. The summed E-state index contributed by atoms with van der Waals surface area (Å²) >= 11 is 0. The molecule has 172 valence electrons. The molecule has 1 saturated heterocycles. The Bertz CT molecular complexity index is 1220. The van der Waals surface area contributed by atoms with Gasteiger partial charge in [-0.2, -0.15) is 0 Å². The molecule has 1 aliphatic heterocycles. The predicted octanol–water partition coefficient (Wildman–Crippen LogP) is 3.44. The minimum absolute atomic E-state index is 0.0430. The second-order valence-corrected chi connectivity index (χ2v) is 8.91. The highest BCUT2D eigenvalue weighted by molar-refractivity contribution is 6.05. The van der Waals surface area contributed by atoms with Crippen molar-refractivity contribution in [2.45, 2.75) is 44.7 Å². The zero-order chi connectivity index (χ0) is 23.7. The van der Waals surface area contributed by atoms with Gasteiger partial charge in [0.2, 0.25) is 0 Å². The van der Waals surface area contributed by atoms with Gasteiger partial charge in [0, 0.05) is 30.6 Å². The van der Waals surface area contributed by atoms with E-state index in [-0.39, 0.29) is 24.8 Å². The molecule has 0 saturated carbocycles. The Balaban J connectivity index is 1.54. The number of anilines is 1. The number of carbonyl (C=O) groups is 3. The summed E-state index contributed by atoms with van der Waals surface area (Å²) in [5, 5.41) is 3.53. The molecule has 2 heterocycles. The van der Waals surface area contributed by atoms with Gasteiger partial charge in [-0.25, -0.2) is 9.59 Å². The van der Waals surface area contributed by atoms with Crippen LogP contribution in [-0.4, -0.2) is 45.9 Å². The van der Waals surface area contributed by atoms with Crippen molar-refractivity contribution in [2.75, 3.05) is 11.9 Å². The van der Waals surface area contributed by atoms with E-state index in [2.05, 4.69) is 19.2 Å². The lowest BCUT2D eigenvalue weighted by molar-refractivity contribution is -0.121. The largest absolute Gasteiger partial charge is 0.351 e. The number of carbonyl (C=O) groups excluding carboxylic acids is 3. The molecule has 0 unspecified atom stereocenters. The van der Waals surface area contributed by atoms with Gasteiger partial charge in [0.15, 0.2) is 5.78 Å². The van der Waals surface area contributed by atoms with E-state index in [1.807, 2.05) is 30.3 Å². The molecular formula is C25H29N5O3. The number of likely N-dealkylation sites (tertiary alicyclic amines) is 1. The van der Waals surface area contributed by atoms with Crippen LogP contribution in [-0.2, 0) is 11.2 Å². The van der Waals surface area contributed by atoms with Crippen molar-refractivity contribution in [2.24, 2.45) is 11.5 Å². The molecule has 0 radical (unpaired) electrons. The number of hydrogen-bond acceptors (Lipinski definition) is 4. The Morgan fingerprint density at radius 3 is 2.61 bits per heavy atom. The van der Waals surface area contributed by atoms with Gasteiger partial charge in [-0.3, -0.25) is 9.36 Å². The van der Waals surface area contributed by atoms with Gasteiger partial charge in [0.25, 0.3) is 0 Å². The topological polar surface area (TPSA) is 123 Å². The molecule has 2 atom stereocenters. The third kappa shape index (κ3) is 4.61. The standard InChI is InChI=1S/C25H29N5O3/c1-15(2)17-7-5-6-16(10-17)11-23(31)22-12-18(26)13-30(22)25(33)28-20-14-29(24(27)32)21-9-4-3-8-19(20)21/h3-10,14-15,18,22H,11-13,26H2,1-2H3,(H2,27,32)(H,28,33)/t18-,22-/m0/s1. The van der Waals surface area contributed by atoms with Crippen LogP contribution < -0.4 is 16.8 Å². The maximum absolute atomic E-state index is 13.2. The Morgan fingerprint density at radius 2 is 1.88 bits per heavy atom. The second kappa shape index (κ2) is 9.07. The van der Waals surface area contributed by atoms with Gasteiger partial charge >= 0.3 is 12.1 Å². The van der Waals surface area contributed by atoms with Crippen LogP contribution in [0.1, 0.15) is 37.3 Å². The van der Waals surface area contributed by atoms with Crippen molar-refractivity contribution in [1.29, 1.82) is 0 Å². The minimum atomic E-state index is -0.647. The number of hydrogen-bond donors (Lipinski definition) is 3. The summed E-state index contributed by atoms with van der Waals surface area (Å²) in [7, 11) is 0. The van der Waals surface area contributed by atoms with Crippen LogP contribution in [0.4, 0.5) is 15.3 Å². The lowest BCUT2D eigenvalue weighted by atomic mass is 9.96. The highest BCUT2D eigenvalue weighted by atomic mass is 16.2. The number of rotatable bonds is 5. The predicted molar refractivity (Wildman–Crippen MR) is 128 cm³/mol. The van der Waals surface area contributed by atoms with Crippen LogP contribution in [0.3, 0.4) is 0 Å². The fourth-order valence-corrected chi connectivity index (χ4v) is 4.43. The number of nitrogens with zero attached hydrogens (tertiary/aromatic N) is 2. The van der Waals surface area contributed by atoms with Crippen molar-refractivity contribution in [3.05, 3.63) is 65.9 Å². The molecule has 1 aromatic heterocycles. The third-order valence-electron chi connectivity index (χ3n) is 6.15. The number of Topliss-reactive ketones (excluding diaryl/α,β-unsaturated/α-hetero) is 1. The van der Waals surface area contributed by atoms with Crippen LogP contribution in [0.2, 0.25) is 0 Å². The van der Waals surface area contributed by atoms with E-state index in [1.165, 1.54) is 21.2 Å². The average molecular weight is 448 g/mol. The lowest BCUT2D eigenvalue weighted by Crippen LogP contribution is -2.43. The van der Waals surface area contributed by atoms with Crippen molar-refractivity contribution >= 4 is 34.4 Å². The van der Waals surface area contributed by atoms with Crippen LogP contribution in [0, 0.1) is 0 Å². The molecule has 0 bridgehead atoms. The number of urea groups is 1. The van der Waals surface area contributed by atoms with E-state index in [0.717, 1.165) is 5.56 Å². The van der Waals surface area contributed by atoms with Crippen LogP contribution in [0.5, 0.6) is 0 Å². The Hall–Kier alpha value is -3.65. The van der Waals surface area contributed by atoms with E-state index in [4.69, 9.17) is 11.5 Å². The quantitative estimate of drug-likeness (QED) is 0.554. The van der Waals surface area contributed by atoms with Crippen LogP contribution >= 0.6 is 0 Å². The van der Waals surface area contributed by atoms with E-state index < -0.39 is 18.1 Å². The monoisotopic (exact) mass is 447 g/mol. The maximum Gasteiger partial charge on any atom is 0.323 e. The zero-order valence-corrected chi connectivity index (χ0v) is 18.8. The highest BCUT2D eigenvalue weighted by Gasteiger charge is 2.38. The molecule has 5 N–H and O–H groups in total. The number of nitrogens with two attached hydrogens (primary N) is 2. The minimum Gasteiger partial charge on any atom is -0.351 e. The zero-order valence-electron chi connectivity index (χ0n) is 18.8. The first kappa shape index (κ1) is 22.5. The molecule has 1 aliphatic rings. The number of fused-ring (bicyclic) bond motifs is 1. The Morgan fingerprint density at radius 1 is 1.12 bits per heavy atom. The highest BCUT2D eigenvalue weighted by Crippen LogP contribution is 2.27. The van der Waals surface area contributed by atoms with Gasteiger partial charge in [0.05, 0.1) is 17.2 Å². The smallest absolute Gasteiger partial charge is 0.323 e. The first-order valence-electron chi connectivity index (χ1n) is 11.1. The number of aromatic nitrogens is 1. The van der Waals surface area contributed by atoms with E-state index in [9.17, 15) is 14.4 Å². The van der Waals surface area contributed by atoms with Gasteiger partial charge in [-0.15, -0.1) is 0 Å². The van der Waals surface area contributed by atoms with Crippen LogP contribution in [0.15, 0.2) is 54.7 Å². The summed E-state index contributed by atoms with van der Waals surface area (Å²) in [4.78, 5) is 39.6. The fourth-order valence-electron chi connectivity index (χ4n) is 4.43. The van der Waals surface area contributed by atoms with E-state index >= 15 is 0 Å². The first-order chi connectivity index (χ1) is 15.7. The Kier molecular flexibility index (Phi) is 6.20. The molecular weight excluding hydrogens is 418 g/mol. The molecule has 2 aromatic carbocycles. The summed E-state index contributed by atoms with van der Waals surface area (Å²) in [5.74, 6) is 0.323. The molecule has 3 aromatic rings. The maximum atomic E-state index is 13.2. The molecule has 8 heteroatoms. The number of nitrogens with one attached hydrogen (secondary N) is 1. The summed E-state index contributed by atoms with van der Waals surface area (Å²) in [6.45, 7) is 4.50. The summed E-state index contributed by atoms with van der Waals surface area (Å²) in [5.41, 5.74) is 14.7. The van der Waals surface area contributed by atoms with Crippen molar-refractivity contribution < 1.29 is 14.4 Å². The van der Waals surface area contributed by atoms with E-state index in [0.29, 0.717) is 28.9 Å². The van der Waals surface area contributed by atoms with Crippen molar-refractivity contribution in [1.82, 2.24) is 9.47 Å². The molecule has 3 amide bonds. The summed E-state index contributed by atoms with van der Waals surface area (Å²) < 4.78 is 1.28. The SMILES string of the molecule is CC(C)c1cccc(CC(=O)[C@@H]2C[C@H](N)CN2C(=O)Nc2cn(C(N)=O)c3ccccc23)c1. The van der Waals surface area contributed by atoms with Gasteiger partial charge in [0.1, 0.15) is 0 Å². The van der Waals surface area contributed by atoms with Crippen molar-refractivity contribution in [3.63, 3.8) is 0 Å². The van der Waals surface area contributed by atoms with Gasteiger partial charge in [-0.1, -0.05) is 56.3 Å². The van der Waals surface area contributed by atoms with E-state index in [1.54, 1.807) is 18.2 Å². The Labute approximate surface area is 192 Å². The molecule has 8 nitrogen and oxygen atoms in total. The molecule has 1 fully saturated rings. The number of amides is 3. The third-order valence-corrected chi connectivity index (χ3v) is 6.15. The average Bonchev–Trinajstić information content (AvgIpc) is 3.35. The molecule has 0 spiro atoms. The number of primary amides is 1. The first-order valence-corrected chi connectivity index (χ1v) is 11.1. The summed E-state index contributed by atoms with van der Waals surface area (Å²) in [6, 6.07) is 13.2.